The molecule has 92 valence electrons. The molecule has 0 spiro atoms. The Balaban J connectivity index is 2.24. The van der Waals surface area contributed by atoms with Crippen molar-refractivity contribution in [3.8, 4) is 0 Å². The molecular formula is C11H14NO4S+. The van der Waals surface area contributed by atoms with E-state index in [2.05, 4.69) is 0 Å². The molecule has 5 nitrogen and oxygen atoms in total. The monoisotopic (exact) mass is 256 g/mol. The van der Waals surface area contributed by atoms with Crippen molar-refractivity contribution in [2.75, 3.05) is 6.54 Å². The standard InChI is InChI=1S/C11H13NO4S/c1-2-12-7-6-11(16-12)9-4-3-5-10(8-9)17(13,14)15/h3-5,7-8,11H,2,6H2,1H3/p+1/t11-/m0/s1. The maximum Gasteiger partial charge on any atom is 0.294 e. The fourth-order valence-electron chi connectivity index (χ4n) is 1.74. The minimum atomic E-state index is -4.15. The molecule has 0 saturated carbocycles. The van der Waals surface area contributed by atoms with Gasteiger partial charge in [-0.15, -0.1) is 0 Å². The van der Waals surface area contributed by atoms with E-state index in [1.807, 2.05) is 13.1 Å². The molecule has 1 aromatic rings. The first-order valence-corrected chi connectivity index (χ1v) is 6.79. The number of benzene rings is 1. The first-order valence-electron chi connectivity index (χ1n) is 5.35. The van der Waals surface area contributed by atoms with E-state index in [0.717, 1.165) is 12.1 Å². The summed E-state index contributed by atoms with van der Waals surface area (Å²) in [5, 5.41) is 0. The zero-order valence-corrected chi connectivity index (χ0v) is 10.2. The van der Waals surface area contributed by atoms with E-state index in [0.29, 0.717) is 6.42 Å². The molecule has 0 radical (unpaired) electrons. The van der Waals surface area contributed by atoms with Gasteiger partial charge in [0.25, 0.3) is 10.1 Å². The lowest BCUT2D eigenvalue weighted by Crippen LogP contribution is -2.08. The zero-order valence-electron chi connectivity index (χ0n) is 9.41. The van der Waals surface area contributed by atoms with Crippen LogP contribution in [0.2, 0.25) is 0 Å². The second-order valence-corrected chi connectivity index (χ2v) is 5.21. The van der Waals surface area contributed by atoms with Crippen molar-refractivity contribution in [1.82, 2.24) is 0 Å². The molecule has 1 aliphatic rings. The normalized spacial score (nSPS) is 19.9. The largest absolute Gasteiger partial charge is 0.294 e. The minimum absolute atomic E-state index is 0.103. The number of nitrogens with zero attached hydrogens (tertiary/aromatic N) is 1. The summed E-state index contributed by atoms with van der Waals surface area (Å²) in [5.41, 5.74) is 0.743. The summed E-state index contributed by atoms with van der Waals surface area (Å²) in [4.78, 5) is 5.46. The average molecular weight is 256 g/mol. The lowest BCUT2D eigenvalue weighted by Gasteiger charge is -2.07. The van der Waals surface area contributed by atoms with Gasteiger partial charge in [-0.25, -0.2) is 0 Å². The third-order valence-corrected chi connectivity index (χ3v) is 3.47. The van der Waals surface area contributed by atoms with E-state index >= 15 is 0 Å². The van der Waals surface area contributed by atoms with E-state index in [-0.39, 0.29) is 11.0 Å². The molecule has 0 aromatic heterocycles. The molecular weight excluding hydrogens is 242 g/mol. The SMILES string of the molecule is CC[N+]1=CC[C@@H](c2cccc(S(=O)(=O)O)c2)O1. The van der Waals surface area contributed by atoms with Crippen molar-refractivity contribution in [1.29, 1.82) is 0 Å². The molecule has 1 aromatic carbocycles. The average Bonchev–Trinajstić information content (AvgIpc) is 2.76. The number of hydroxylamine groups is 1. The van der Waals surface area contributed by atoms with Crippen molar-refractivity contribution < 1.29 is 22.5 Å². The molecule has 0 unspecified atom stereocenters. The number of rotatable bonds is 3. The Bertz CT molecular complexity index is 550. The Morgan fingerprint density at radius 3 is 2.88 bits per heavy atom. The highest BCUT2D eigenvalue weighted by Crippen LogP contribution is 2.25. The van der Waals surface area contributed by atoms with Gasteiger partial charge in [0.05, 0.1) is 11.3 Å². The second-order valence-electron chi connectivity index (χ2n) is 3.79. The zero-order chi connectivity index (χ0) is 12.5. The molecule has 0 aliphatic carbocycles. The van der Waals surface area contributed by atoms with Crippen molar-refractivity contribution in [2.24, 2.45) is 0 Å². The summed E-state index contributed by atoms with van der Waals surface area (Å²) < 4.78 is 32.7. The molecule has 17 heavy (non-hydrogen) atoms. The van der Waals surface area contributed by atoms with Gasteiger partial charge >= 0.3 is 0 Å². The van der Waals surface area contributed by atoms with Crippen molar-refractivity contribution in [2.45, 2.75) is 24.3 Å². The summed E-state index contributed by atoms with van der Waals surface area (Å²) in [6.07, 6.45) is 2.43. The van der Waals surface area contributed by atoms with Crippen molar-refractivity contribution in [3.63, 3.8) is 0 Å². The predicted molar refractivity (Wildman–Crippen MR) is 61.6 cm³/mol. The van der Waals surface area contributed by atoms with Gasteiger partial charge in [0, 0.05) is 5.56 Å². The Morgan fingerprint density at radius 2 is 2.29 bits per heavy atom. The lowest BCUT2D eigenvalue weighted by atomic mass is 10.1. The molecule has 0 bridgehead atoms. The van der Waals surface area contributed by atoms with Crippen molar-refractivity contribution >= 4 is 16.3 Å². The molecule has 0 fully saturated rings. The van der Waals surface area contributed by atoms with Crippen LogP contribution in [0.15, 0.2) is 29.2 Å². The molecule has 2 rings (SSSR count). The quantitative estimate of drug-likeness (QED) is 0.656. The third kappa shape index (κ3) is 2.65. The Morgan fingerprint density at radius 1 is 1.53 bits per heavy atom. The maximum absolute atomic E-state index is 11.0. The van der Waals surface area contributed by atoms with Gasteiger partial charge in [0.15, 0.2) is 12.8 Å². The van der Waals surface area contributed by atoms with Gasteiger partial charge in [-0.3, -0.25) is 9.39 Å². The topological polar surface area (TPSA) is 66.6 Å². The van der Waals surface area contributed by atoms with E-state index < -0.39 is 10.1 Å². The van der Waals surface area contributed by atoms with E-state index in [1.54, 1.807) is 16.9 Å². The van der Waals surface area contributed by atoms with E-state index in [4.69, 9.17) is 9.39 Å². The highest BCUT2D eigenvalue weighted by Gasteiger charge is 2.26. The van der Waals surface area contributed by atoms with Gasteiger partial charge in [-0.2, -0.15) is 8.42 Å². The molecule has 0 saturated heterocycles. The van der Waals surface area contributed by atoms with Crippen LogP contribution < -0.4 is 0 Å². The first-order chi connectivity index (χ1) is 8.00. The van der Waals surface area contributed by atoms with Crippen LogP contribution in [-0.2, 0) is 15.0 Å². The molecule has 0 amide bonds. The molecule has 1 N–H and O–H groups in total. The van der Waals surface area contributed by atoms with Crippen LogP contribution in [0.4, 0.5) is 0 Å². The van der Waals surface area contributed by atoms with E-state index in [9.17, 15) is 8.42 Å². The smallest absolute Gasteiger partial charge is 0.282 e. The minimum Gasteiger partial charge on any atom is -0.282 e. The summed E-state index contributed by atoms with van der Waals surface area (Å²) in [5.74, 6) is 0. The molecule has 6 heteroatoms. The van der Waals surface area contributed by atoms with Crippen LogP contribution in [0.1, 0.15) is 25.0 Å². The van der Waals surface area contributed by atoms with Gasteiger partial charge in [0.1, 0.15) is 0 Å². The van der Waals surface area contributed by atoms with E-state index in [1.165, 1.54) is 12.1 Å². The lowest BCUT2D eigenvalue weighted by molar-refractivity contribution is -0.783. The molecule has 1 aliphatic heterocycles. The van der Waals surface area contributed by atoms with Crippen LogP contribution >= 0.6 is 0 Å². The van der Waals surface area contributed by atoms with Gasteiger partial charge in [-0.1, -0.05) is 12.1 Å². The Labute approximate surface area is 100 Å². The van der Waals surface area contributed by atoms with Gasteiger partial charge in [0.2, 0.25) is 6.10 Å². The van der Waals surface area contributed by atoms with Crippen LogP contribution in [-0.4, -0.2) is 30.5 Å². The molecule has 1 atom stereocenters. The van der Waals surface area contributed by atoms with Crippen LogP contribution in [0.5, 0.6) is 0 Å². The fraction of sp³-hybridized carbons (Fsp3) is 0.364. The summed E-state index contributed by atoms with van der Waals surface area (Å²) in [6.45, 7) is 2.71. The number of hydrogen-bond acceptors (Lipinski definition) is 3. The van der Waals surface area contributed by atoms with Gasteiger partial charge in [-0.05, 0) is 23.8 Å². The van der Waals surface area contributed by atoms with Crippen LogP contribution in [0.25, 0.3) is 0 Å². The highest BCUT2D eigenvalue weighted by atomic mass is 32.2. The van der Waals surface area contributed by atoms with Crippen LogP contribution in [0, 0.1) is 0 Å². The van der Waals surface area contributed by atoms with Crippen molar-refractivity contribution in [3.05, 3.63) is 29.8 Å². The second kappa shape index (κ2) is 4.46. The predicted octanol–water partition coefficient (Wildman–Crippen LogP) is 1.41. The third-order valence-electron chi connectivity index (χ3n) is 2.63. The fourth-order valence-corrected chi connectivity index (χ4v) is 2.27. The Kier molecular flexibility index (Phi) is 3.17. The van der Waals surface area contributed by atoms with Gasteiger partial charge < -0.3 is 0 Å². The first kappa shape index (κ1) is 12.1. The molecule has 1 heterocycles. The summed E-state index contributed by atoms with van der Waals surface area (Å²) in [7, 11) is -4.15. The highest BCUT2D eigenvalue weighted by molar-refractivity contribution is 7.85. The maximum atomic E-state index is 11.0. The summed E-state index contributed by atoms with van der Waals surface area (Å²) >= 11 is 0. The van der Waals surface area contributed by atoms with Crippen LogP contribution in [0.3, 0.4) is 0 Å². The number of hydrogen-bond donors (Lipinski definition) is 1. The Hall–Kier alpha value is -1.40. The summed E-state index contributed by atoms with van der Waals surface area (Å²) in [6, 6.07) is 6.17.